The molecule has 48 heavy (non-hydrogen) atoms. The fourth-order valence-electron chi connectivity index (χ4n) is 7.11. The molecule has 0 aromatic heterocycles. The molecule has 0 saturated carbocycles. The molecule has 1 saturated heterocycles. The van der Waals surface area contributed by atoms with Crippen LogP contribution in [0.3, 0.4) is 0 Å². The van der Waals surface area contributed by atoms with Crippen molar-refractivity contribution in [2.45, 2.75) is 76.4 Å². The Morgan fingerprint density at radius 1 is 0.958 bits per heavy atom. The van der Waals surface area contributed by atoms with Gasteiger partial charge in [-0.2, -0.15) is 0 Å². The second-order valence-corrected chi connectivity index (χ2v) is 14.4. The molecule has 2 amide bonds. The van der Waals surface area contributed by atoms with Gasteiger partial charge in [0.2, 0.25) is 18.6 Å². The summed E-state index contributed by atoms with van der Waals surface area (Å²) in [7, 11) is 0. The molecule has 3 aliphatic rings. The molecule has 2 heterocycles. The largest absolute Gasteiger partial charge is 0.454 e. The van der Waals surface area contributed by atoms with Crippen LogP contribution in [0.4, 0.5) is 0 Å². The number of fused-ring (bicyclic) bond motifs is 2. The average molecular weight is 657 g/mol. The predicted molar refractivity (Wildman–Crippen MR) is 182 cm³/mol. The summed E-state index contributed by atoms with van der Waals surface area (Å²) in [5.41, 5.74) is 3.63. The van der Waals surface area contributed by atoms with E-state index in [0.717, 1.165) is 33.8 Å². The number of rotatable bonds is 11. The second kappa shape index (κ2) is 14.7. The van der Waals surface area contributed by atoms with Crippen LogP contribution in [0.2, 0.25) is 0 Å². The lowest BCUT2D eigenvalue weighted by Crippen LogP contribution is -2.61. The third kappa shape index (κ3) is 8.36. The van der Waals surface area contributed by atoms with Crippen molar-refractivity contribution in [3.05, 3.63) is 95.1 Å². The SMILES string of the molecule is CC(C)(C)NC(=O)[C@@H]1CN(Cc2ccc3c(c2)OCO3)CCN1C[C@@H](O)C[C@H](Cc1ccccc1)C(=O)N[C@H]1c2ccccc2C[C@H]1O. The number of aliphatic hydroxyl groups is 2. The van der Waals surface area contributed by atoms with Crippen molar-refractivity contribution in [1.29, 1.82) is 0 Å². The van der Waals surface area contributed by atoms with Crippen molar-refractivity contribution in [3.63, 3.8) is 0 Å². The van der Waals surface area contributed by atoms with E-state index >= 15 is 0 Å². The minimum absolute atomic E-state index is 0.0856. The highest BCUT2D eigenvalue weighted by atomic mass is 16.7. The fraction of sp³-hybridized carbons (Fsp3) is 0.474. The van der Waals surface area contributed by atoms with Crippen LogP contribution in [0, 0.1) is 5.92 Å². The van der Waals surface area contributed by atoms with Crippen molar-refractivity contribution >= 4 is 11.8 Å². The summed E-state index contributed by atoms with van der Waals surface area (Å²) in [4.78, 5) is 31.8. The minimum atomic E-state index is -0.851. The van der Waals surface area contributed by atoms with Crippen LogP contribution in [-0.2, 0) is 29.0 Å². The normalized spacial score (nSPS) is 22.1. The molecule has 4 N–H and O–H groups in total. The van der Waals surface area contributed by atoms with Crippen LogP contribution in [0.25, 0.3) is 0 Å². The van der Waals surface area contributed by atoms with Crippen LogP contribution < -0.4 is 20.1 Å². The molecule has 6 rings (SSSR count). The Hall–Kier alpha value is -3.96. The first kappa shape index (κ1) is 33.9. The lowest BCUT2D eigenvalue weighted by molar-refractivity contribution is -0.132. The molecular weight excluding hydrogens is 608 g/mol. The molecule has 10 heteroatoms. The molecule has 0 radical (unpaired) electrons. The first-order valence-corrected chi connectivity index (χ1v) is 17.0. The summed E-state index contributed by atoms with van der Waals surface area (Å²) in [6.07, 6.45) is -0.395. The number of nitrogens with zero attached hydrogens (tertiary/aromatic N) is 2. The van der Waals surface area contributed by atoms with Crippen molar-refractivity contribution in [2.24, 2.45) is 5.92 Å². The van der Waals surface area contributed by atoms with Crippen molar-refractivity contribution in [3.8, 4) is 11.5 Å². The van der Waals surface area contributed by atoms with Gasteiger partial charge in [0.25, 0.3) is 0 Å². The number of β-amino-alcohol motifs (C(OH)–C–C–N with tert-alkyl or cyclic N) is 1. The number of benzene rings is 3. The van der Waals surface area contributed by atoms with Gasteiger partial charge in [-0.15, -0.1) is 0 Å². The van der Waals surface area contributed by atoms with Gasteiger partial charge in [-0.1, -0.05) is 60.7 Å². The van der Waals surface area contributed by atoms with Crippen molar-refractivity contribution < 1.29 is 29.3 Å². The quantitative estimate of drug-likeness (QED) is 0.248. The summed E-state index contributed by atoms with van der Waals surface area (Å²) >= 11 is 0. The molecule has 5 atom stereocenters. The van der Waals surface area contributed by atoms with Crippen LogP contribution in [0.1, 0.15) is 55.5 Å². The molecule has 256 valence electrons. The van der Waals surface area contributed by atoms with E-state index in [1.807, 2.05) is 93.6 Å². The summed E-state index contributed by atoms with van der Waals surface area (Å²) in [6.45, 7) is 8.82. The van der Waals surface area contributed by atoms with Crippen LogP contribution in [-0.4, -0.2) is 88.6 Å². The standard InChI is InChI=1S/C38H48N4O6/c1-38(2,3)40-37(46)31-23-41(21-26-13-14-33-34(18-26)48-24-47-33)15-16-42(31)22-29(43)19-28(17-25-9-5-4-6-10-25)36(45)39-35-30-12-8-7-11-27(30)20-32(35)44/h4-14,18,28-29,31-32,35,43-44H,15-17,19-24H2,1-3H3,(H,39,45)(H,40,46)/t28-,29-,31-,32+,35-/m0/s1. The summed E-state index contributed by atoms with van der Waals surface area (Å²) < 4.78 is 11.0. The van der Waals surface area contributed by atoms with Gasteiger partial charge in [0.15, 0.2) is 11.5 Å². The number of piperazine rings is 1. The molecule has 0 unspecified atom stereocenters. The van der Waals surface area contributed by atoms with Gasteiger partial charge >= 0.3 is 0 Å². The number of carbonyl (C=O) groups is 2. The van der Waals surface area contributed by atoms with E-state index < -0.39 is 35.7 Å². The summed E-state index contributed by atoms with van der Waals surface area (Å²) in [5, 5.41) is 28.6. The highest BCUT2D eigenvalue weighted by Crippen LogP contribution is 2.34. The van der Waals surface area contributed by atoms with Crippen molar-refractivity contribution in [2.75, 3.05) is 33.0 Å². The maximum atomic E-state index is 13.9. The van der Waals surface area contributed by atoms with Crippen LogP contribution in [0.5, 0.6) is 11.5 Å². The zero-order valence-corrected chi connectivity index (χ0v) is 28.1. The van der Waals surface area contributed by atoms with Gasteiger partial charge in [-0.25, -0.2) is 0 Å². The molecule has 2 aliphatic heterocycles. The Labute approximate surface area is 283 Å². The number of nitrogens with one attached hydrogen (secondary N) is 2. The Morgan fingerprint density at radius 2 is 1.71 bits per heavy atom. The zero-order valence-electron chi connectivity index (χ0n) is 28.1. The van der Waals surface area contributed by atoms with Gasteiger partial charge in [-0.3, -0.25) is 19.4 Å². The number of ether oxygens (including phenoxy) is 2. The van der Waals surface area contributed by atoms with E-state index in [1.54, 1.807) is 0 Å². The van der Waals surface area contributed by atoms with E-state index in [4.69, 9.17) is 9.47 Å². The predicted octanol–water partition coefficient (Wildman–Crippen LogP) is 3.20. The minimum Gasteiger partial charge on any atom is -0.454 e. The lowest BCUT2D eigenvalue weighted by Gasteiger charge is -2.42. The number of hydrogen-bond acceptors (Lipinski definition) is 8. The summed E-state index contributed by atoms with van der Waals surface area (Å²) in [5.74, 6) is 0.656. The third-order valence-electron chi connectivity index (χ3n) is 9.42. The highest BCUT2D eigenvalue weighted by Gasteiger charge is 2.37. The highest BCUT2D eigenvalue weighted by molar-refractivity contribution is 5.83. The van der Waals surface area contributed by atoms with E-state index in [1.165, 1.54) is 0 Å². The Bertz CT molecular complexity index is 1580. The van der Waals surface area contributed by atoms with E-state index in [0.29, 0.717) is 39.0 Å². The third-order valence-corrected chi connectivity index (χ3v) is 9.42. The van der Waals surface area contributed by atoms with Crippen molar-refractivity contribution in [1.82, 2.24) is 20.4 Å². The van der Waals surface area contributed by atoms with Crippen LogP contribution >= 0.6 is 0 Å². The zero-order chi connectivity index (χ0) is 33.8. The first-order valence-electron chi connectivity index (χ1n) is 17.0. The van der Waals surface area contributed by atoms with Crippen LogP contribution in [0.15, 0.2) is 72.8 Å². The van der Waals surface area contributed by atoms with E-state index in [2.05, 4.69) is 20.4 Å². The number of hydrogen-bond donors (Lipinski definition) is 4. The molecule has 10 nitrogen and oxygen atoms in total. The van der Waals surface area contributed by atoms with E-state index in [9.17, 15) is 19.8 Å². The molecule has 1 fully saturated rings. The Kier molecular flexibility index (Phi) is 10.4. The summed E-state index contributed by atoms with van der Waals surface area (Å²) in [6, 6.07) is 22.5. The Balaban J connectivity index is 1.14. The molecular formula is C38H48N4O6. The van der Waals surface area contributed by atoms with E-state index in [-0.39, 0.29) is 31.6 Å². The maximum absolute atomic E-state index is 13.9. The average Bonchev–Trinajstić information content (AvgIpc) is 3.64. The molecule has 0 bridgehead atoms. The second-order valence-electron chi connectivity index (χ2n) is 14.4. The lowest BCUT2D eigenvalue weighted by atomic mass is 9.91. The number of aliphatic hydroxyl groups excluding tert-OH is 2. The van der Waals surface area contributed by atoms with Gasteiger partial charge in [-0.05, 0) is 68.0 Å². The molecule has 3 aromatic carbocycles. The first-order chi connectivity index (χ1) is 23.0. The van der Waals surface area contributed by atoms with Gasteiger partial charge in [0.1, 0.15) is 6.04 Å². The smallest absolute Gasteiger partial charge is 0.239 e. The number of carbonyl (C=O) groups excluding carboxylic acids is 2. The Morgan fingerprint density at radius 3 is 2.50 bits per heavy atom. The maximum Gasteiger partial charge on any atom is 0.239 e. The molecule has 3 aromatic rings. The monoisotopic (exact) mass is 656 g/mol. The van der Waals surface area contributed by atoms with Gasteiger partial charge in [0, 0.05) is 50.6 Å². The fourth-order valence-corrected chi connectivity index (χ4v) is 7.11. The number of amides is 2. The molecule has 1 aliphatic carbocycles. The molecule has 0 spiro atoms. The van der Waals surface area contributed by atoms with Gasteiger partial charge in [0.05, 0.1) is 18.2 Å². The topological polar surface area (TPSA) is 124 Å². The van der Waals surface area contributed by atoms with Gasteiger partial charge < -0.3 is 30.3 Å².